The van der Waals surface area contributed by atoms with Crippen LogP contribution < -0.4 is 5.32 Å². The number of carboxylic acids is 1. The molecule has 2 N–H and O–H groups in total. The van der Waals surface area contributed by atoms with Crippen molar-refractivity contribution in [3.05, 3.63) is 42.0 Å². The van der Waals surface area contributed by atoms with Crippen LogP contribution in [0.4, 0.5) is 5.69 Å². The van der Waals surface area contributed by atoms with Gasteiger partial charge in [0.15, 0.2) is 0 Å². The van der Waals surface area contributed by atoms with Gasteiger partial charge in [-0.2, -0.15) is 5.26 Å². The number of nitriles is 1. The number of hydrogen-bond acceptors (Lipinski definition) is 3. The van der Waals surface area contributed by atoms with E-state index in [1.807, 2.05) is 37.3 Å². The van der Waals surface area contributed by atoms with E-state index in [2.05, 4.69) is 11.4 Å². The molecular weight excluding hydrogens is 264 g/mol. The molecule has 0 heterocycles. The number of hydrogen-bond donors (Lipinski definition) is 2. The highest BCUT2D eigenvalue weighted by atomic mass is 16.4. The maximum Gasteiger partial charge on any atom is 0.311 e. The molecule has 0 radical (unpaired) electrons. The van der Waals surface area contributed by atoms with Crippen LogP contribution in [-0.4, -0.2) is 17.6 Å². The fourth-order valence-corrected chi connectivity index (χ4v) is 2.19. The van der Waals surface area contributed by atoms with Gasteiger partial charge in [0.25, 0.3) is 0 Å². The van der Waals surface area contributed by atoms with E-state index in [0.29, 0.717) is 18.5 Å². The lowest BCUT2D eigenvalue weighted by molar-refractivity contribution is -0.147. The van der Waals surface area contributed by atoms with Crippen molar-refractivity contribution in [3.8, 4) is 6.07 Å². The smallest absolute Gasteiger partial charge is 0.311 e. The summed E-state index contributed by atoms with van der Waals surface area (Å²) < 4.78 is 0. The second-order valence-electron chi connectivity index (χ2n) is 5.39. The summed E-state index contributed by atoms with van der Waals surface area (Å²) in [4.78, 5) is 11.4. The maximum absolute atomic E-state index is 11.4. The van der Waals surface area contributed by atoms with Crippen molar-refractivity contribution in [2.24, 2.45) is 5.41 Å². The van der Waals surface area contributed by atoms with E-state index < -0.39 is 11.4 Å². The molecule has 0 spiro atoms. The molecule has 21 heavy (non-hydrogen) atoms. The maximum atomic E-state index is 11.4. The third-order valence-corrected chi connectivity index (χ3v) is 4.01. The molecule has 0 amide bonds. The zero-order valence-electron chi connectivity index (χ0n) is 12.2. The van der Waals surface area contributed by atoms with Gasteiger partial charge in [0, 0.05) is 23.0 Å². The van der Waals surface area contributed by atoms with Crippen molar-refractivity contribution in [3.63, 3.8) is 0 Å². The Morgan fingerprint density at radius 2 is 1.95 bits per heavy atom. The normalized spacial score (nSPS) is 13.4. The molecule has 0 aromatic heterocycles. The number of carbonyl (C=O) groups is 1. The first-order valence-corrected chi connectivity index (χ1v) is 6.91. The van der Waals surface area contributed by atoms with Gasteiger partial charge in [-0.15, -0.1) is 0 Å². The lowest BCUT2D eigenvalue weighted by Gasteiger charge is -2.24. The van der Waals surface area contributed by atoms with Gasteiger partial charge in [-0.25, -0.2) is 0 Å². The number of anilines is 1. The van der Waals surface area contributed by atoms with E-state index in [9.17, 15) is 9.90 Å². The number of benzene rings is 2. The molecule has 0 aliphatic carbocycles. The van der Waals surface area contributed by atoms with E-state index >= 15 is 0 Å². The molecule has 4 nitrogen and oxygen atoms in total. The van der Waals surface area contributed by atoms with Crippen LogP contribution in [0.15, 0.2) is 36.4 Å². The minimum Gasteiger partial charge on any atom is -0.481 e. The fourth-order valence-electron chi connectivity index (χ4n) is 2.19. The fraction of sp³-hybridized carbons (Fsp3) is 0.294. The summed E-state index contributed by atoms with van der Waals surface area (Å²) >= 11 is 0. The monoisotopic (exact) mass is 282 g/mol. The van der Waals surface area contributed by atoms with Gasteiger partial charge in [0.2, 0.25) is 0 Å². The third-order valence-electron chi connectivity index (χ3n) is 4.01. The first kappa shape index (κ1) is 14.9. The van der Waals surface area contributed by atoms with E-state index in [-0.39, 0.29) is 0 Å². The van der Waals surface area contributed by atoms with Gasteiger partial charge in [0.1, 0.15) is 0 Å². The van der Waals surface area contributed by atoms with Crippen molar-refractivity contribution < 1.29 is 9.90 Å². The predicted octanol–water partition coefficient (Wildman–Crippen LogP) is 3.62. The summed E-state index contributed by atoms with van der Waals surface area (Å²) in [5.41, 5.74) is 0.660. The zero-order valence-corrected chi connectivity index (χ0v) is 12.2. The molecule has 2 rings (SSSR count). The van der Waals surface area contributed by atoms with Gasteiger partial charge < -0.3 is 10.4 Å². The lowest BCUT2D eigenvalue weighted by Crippen LogP contribution is -2.34. The van der Waals surface area contributed by atoms with E-state index in [1.165, 1.54) is 0 Å². The van der Waals surface area contributed by atoms with Gasteiger partial charge in [0.05, 0.1) is 17.0 Å². The van der Waals surface area contributed by atoms with E-state index in [1.54, 1.807) is 13.0 Å². The Bertz CT molecular complexity index is 718. The largest absolute Gasteiger partial charge is 0.481 e. The quantitative estimate of drug-likeness (QED) is 0.878. The summed E-state index contributed by atoms with van der Waals surface area (Å²) in [6, 6.07) is 13.4. The number of rotatable bonds is 5. The molecule has 1 atom stereocenters. The molecule has 2 aromatic carbocycles. The van der Waals surface area contributed by atoms with E-state index in [4.69, 9.17) is 5.26 Å². The molecule has 108 valence electrons. The second-order valence-corrected chi connectivity index (χ2v) is 5.39. The van der Waals surface area contributed by atoms with Crippen LogP contribution in [0.5, 0.6) is 0 Å². The highest BCUT2D eigenvalue weighted by Crippen LogP contribution is 2.28. The average Bonchev–Trinajstić information content (AvgIpc) is 2.51. The number of aliphatic carboxylic acids is 1. The van der Waals surface area contributed by atoms with Crippen LogP contribution in [-0.2, 0) is 4.79 Å². The molecule has 2 aromatic rings. The molecule has 0 saturated heterocycles. The molecule has 0 bridgehead atoms. The first-order valence-electron chi connectivity index (χ1n) is 6.91. The Morgan fingerprint density at radius 3 is 2.52 bits per heavy atom. The van der Waals surface area contributed by atoms with Crippen LogP contribution in [0.3, 0.4) is 0 Å². The van der Waals surface area contributed by atoms with Gasteiger partial charge >= 0.3 is 5.97 Å². The summed E-state index contributed by atoms with van der Waals surface area (Å²) in [5, 5.41) is 23.5. The summed E-state index contributed by atoms with van der Waals surface area (Å²) in [6.07, 6.45) is 0.545. The SMILES string of the molecule is CCC(C)(CNc1ccc(C#N)c2ccccc12)C(=O)O. The van der Waals surface area contributed by atoms with Crippen LogP contribution in [0.25, 0.3) is 10.8 Å². The standard InChI is InChI=1S/C17H18N2O2/c1-3-17(2,16(20)21)11-19-15-9-8-12(10-18)13-6-4-5-7-14(13)15/h4-9,19H,3,11H2,1-2H3,(H,20,21). The Kier molecular flexibility index (Phi) is 4.13. The second kappa shape index (κ2) is 5.84. The van der Waals surface area contributed by atoms with Crippen molar-refractivity contribution in [1.82, 2.24) is 0 Å². The van der Waals surface area contributed by atoms with E-state index in [0.717, 1.165) is 16.5 Å². The molecule has 0 fully saturated rings. The Balaban J connectivity index is 2.37. The molecular formula is C17H18N2O2. The van der Waals surface area contributed by atoms with Crippen LogP contribution in [0, 0.1) is 16.7 Å². The Morgan fingerprint density at radius 1 is 1.29 bits per heavy atom. The number of fused-ring (bicyclic) bond motifs is 1. The highest BCUT2D eigenvalue weighted by molar-refractivity contribution is 5.97. The lowest BCUT2D eigenvalue weighted by atomic mass is 9.87. The molecule has 0 saturated carbocycles. The van der Waals surface area contributed by atoms with Crippen LogP contribution >= 0.6 is 0 Å². The minimum absolute atomic E-state index is 0.342. The average molecular weight is 282 g/mol. The molecule has 1 unspecified atom stereocenters. The Hall–Kier alpha value is -2.54. The van der Waals surface area contributed by atoms with Crippen molar-refractivity contribution in [2.75, 3.05) is 11.9 Å². The highest BCUT2D eigenvalue weighted by Gasteiger charge is 2.30. The van der Waals surface area contributed by atoms with Gasteiger partial charge in [-0.3, -0.25) is 4.79 Å². The van der Waals surface area contributed by atoms with Crippen molar-refractivity contribution in [2.45, 2.75) is 20.3 Å². The molecule has 4 heteroatoms. The number of carboxylic acid groups (broad SMARTS) is 1. The van der Waals surface area contributed by atoms with Crippen molar-refractivity contribution in [1.29, 1.82) is 5.26 Å². The Labute approximate surface area is 124 Å². The third kappa shape index (κ3) is 2.82. The summed E-state index contributed by atoms with van der Waals surface area (Å²) in [7, 11) is 0. The van der Waals surface area contributed by atoms with Crippen LogP contribution in [0.1, 0.15) is 25.8 Å². The predicted molar refractivity (Wildman–Crippen MR) is 83.2 cm³/mol. The first-order chi connectivity index (χ1) is 10.0. The zero-order chi connectivity index (χ0) is 15.5. The van der Waals surface area contributed by atoms with Crippen molar-refractivity contribution >= 4 is 22.4 Å². The minimum atomic E-state index is -0.811. The molecule has 0 aliphatic rings. The van der Waals surface area contributed by atoms with Gasteiger partial charge in [-0.05, 0) is 25.5 Å². The number of nitrogens with one attached hydrogen (secondary N) is 1. The number of nitrogens with zero attached hydrogens (tertiary/aromatic N) is 1. The van der Waals surface area contributed by atoms with Gasteiger partial charge in [-0.1, -0.05) is 31.2 Å². The van der Waals surface area contributed by atoms with Crippen LogP contribution in [0.2, 0.25) is 0 Å². The summed E-state index contributed by atoms with van der Waals surface area (Å²) in [5.74, 6) is -0.810. The topological polar surface area (TPSA) is 73.1 Å². The molecule has 0 aliphatic heterocycles. The summed E-state index contributed by atoms with van der Waals surface area (Å²) in [6.45, 7) is 3.94.